The molecule has 0 aliphatic heterocycles. The maximum atomic E-state index is 12.5. The largest absolute Gasteiger partial charge is 0.354 e. The number of halogens is 1. The Balaban J connectivity index is 2.89. The number of carbonyl (C=O) groups excluding carboxylic acids is 1. The third kappa shape index (κ3) is 4.04. The van der Waals surface area contributed by atoms with E-state index in [0.29, 0.717) is 0 Å². The fourth-order valence-corrected chi connectivity index (χ4v) is 3.22. The van der Waals surface area contributed by atoms with Crippen molar-refractivity contribution in [2.24, 2.45) is 5.73 Å². The molecule has 0 aromatic heterocycles. The number of nitrogens with one attached hydrogen (secondary N) is 1. The molecule has 0 atom stereocenters. The van der Waals surface area contributed by atoms with Crippen molar-refractivity contribution in [3.8, 4) is 0 Å². The highest BCUT2D eigenvalue weighted by molar-refractivity contribution is 9.10. The zero-order valence-electron chi connectivity index (χ0n) is 11.5. The van der Waals surface area contributed by atoms with Crippen LogP contribution in [-0.4, -0.2) is 32.2 Å². The summed E-state index contributed by atoms with van der Waals surface area (Å²) in [6.07, 6.45) is 0.189. The fourth-order valence-electron chi connectivity index (χ4n) is 1.56. The van der Waals surface area contributed by atoms with Crippen molar-refractivity contribution in [1.82, 2.24) is 5.32 Å². The minimum atomic E-state index is -3.53. The Morgan fingerprint density at radius 3 is 2.35 bits per heavy atom. The van der Waals surface area contributed by atoms with E-state index in [1.807, 2.05) is 0 Å². The van der Waals surface area contributed by atoms with Crippen LogP contribution in [0, 0.1) is 0 Å². The molecule has 0 heterocycles. The van der Waals surface area contributed by atoms with Gasteiger partial charge in [0, 0.05) is 24.0 Å². The van der Waals surface area contributed by atoms with Crippen LogP contribution in [0.3, 0.4) is 0 Å². The maximum absolute atomic E-state index is 12.5. The Hall–Kier alpha value is -0.920. The molecular weight excluding hydrogens is 344 g/mol. The van der Waals surface area contributed by atoms with Gasteiger partial charge in [0.05, 0.1) is 9.64 Å². The van der Waals surface area contributed by atoms with Crippen LogP contribution in [0.2, 0.25) is 0 Å². The van der Waals surface area contributed by atoms with Crippen molar-refractivity contribution in [1.29, 1.82) is 0 Å². The molecule has 0 aliphatic rings. The summed E-state index contributed by atoms with van der Waals surface area (Å²) in [4.78, 5) is 11.6. The number of hydrogen-bond acceptors (Lipinski definition) is 4. The molecule has 7 heteroatoms. The van der Waals surface area contributed by atoms with Crippen LogP contribution in [0.15, 0.2) is 33.6 Å². The van der Waals surface area contributed by atoms with Crippen molar-refractivity contribution in [2.75, 3.05) is 13.1 Å². The summed E-state index contributed by atoms with van der Waals surface area (Å²) >= 11 is 3.27. The van der Waals surface area contributed by atoms with Crippen LogP contribution in [0.25, 0.3) is 0 Å². The molecule has 0 saturated carbocycles. The Bertz CT molecular complexity index is 568. The van der Waals surface area contributed by atoms with Crippen molar-refractivity contribution >= 4 is 31.7 Å². The van der Waals surface area contributed by atoms with Gasteiger partial charge in [0.15, 0.2) is 9.84 Å². The predicted molar refractivity (Wildman–Crippen MR) is 82.1 cm³/mol. The second-order valence-corrected chi connectivity index (χ2v) is 8.53. The summed E-state index contributed by atoms with van der Waals surface area (Å²) in [5.41, 5.74) is 5.28. The summed E-state index contributed by atoms with van der Waals surface area (Å²) in [6.45, 7) is 3.47. The maximum Gasteiger partial charge on any atom is 0.221 e. The summed E-state index contributed by atoms with van der Waals surface area (Å²) in [6, 6.07) is 6.44. The van der Waals surface area contributed by atoms with Gasteiger partial charge in [0.1, 0.15) is 0 Å². The summed E-state index contributed by atoms with van der Waals surface area (Å²) < 4.78 is 24.8. The quantitative estimate of drug-likeness (QED) is 0.801. The molecule has 0 unspecified atom stereocenters. The first-order valence-corrected chi connectivity index (χ1v) is 8.45. The number of rotatable bonds is 6. The third-order valence-corrected chi connectivity index (χ3v) is 5.95. The zero-order valence-corrected chi connectivity index (χ0v) is 13.9. The van der Waals surface area contributed by atoms with Crippen LogP contribution < -0.4 is 11.1 Å². The summed E-state index contributed by atoms with van der Waals surface area (Å²) in [5.74, 6) is -0.244. The number of amides is 1. The topological polar surface area (TPSA) is 89.3 Å². The third-order valence-electron chi connectivity index (χ3n) is 2.93. The Labute approximate surface area is 128 Å². The molecule has 112 valence electrons. The molecular formula is C13H19BrN2O3S. The van der Waals surface area contributed by atoms with E-state index >= 15 is 0 Å². The van der Waals surface area contributed by atoms with Crippen LogP contribution in [-0.2, 0) is 14.6 Å². The van der Waals surface area contributed by atoms with E-state index in [4.69, 9.17) is 5.73 Å². The lowest BCUT2D eigenvalue weighted by atomic mass is 10.2. The van der Waals surface area contributed by atoms with Crippen molar-refractivity contribution in [3.05, 3.63) is 28.7 Å². The first kappa shape index (κ1) is 17.1. The molecule has 0 saturated heterocycles. The van der Waals surface area contributed by atoms with E-state index in [1.165, 1.54) is 0 Å². The lowest BCUT2D eigenvalue weighted by molar-refractivity contribution is -0.120. The molecule has 20 heavy (non-hydrogen) atoms. The second kappa shape index (κ2) is 6.69. The van der Waals surface area contributed by atoms with Gasteiger partial charge in [-0.05, 0) is 38.1 Å². The van der Waals surface area contributed by atoms with Gasteiger partial charge in [0.2, 0.25) is 5.91 Å². The van der Waals surface area contributed by atoms with Crippen LogP contribution in [0.5, 0.6) is 0 Å². The van der Waals surface area contributed by atoms with Crippen molar-refractivity contribution < 1.29 is 13.2 Å². The minimum Gasteiger partial charge on any atom is -0.354 e. The smallest absolute Gasteiger partial charge is 0.221 e. The molecule has 0 spiro atoms. The lowest BCUT2D eigenvalue weighted by Gasteiger charge is -2.25. The van der Waals surface area contributed by atoms with E-state index in [2.05, 4.69) is 21.2 Å². The first-order valence-electron chi connectivity index (χ1n) is 6.17. The van der Waals surface area contributed by atoms with E-state index in [1.54, 1.807) is 38.1 Å². The van der Waals surface area contributed by atoms with E-state index in [-0.39, 0.29) is 30.3 Å². The summed E-state index contributed by atoms with van der Waals surface area (Å²) in [5, 5.41) is 2.60. The SMILES string of the molecule is CC(C)(CNC(=O)CCN)S(=O)(=O)c1ccc(Br)cc1. The second-order valence-electron chi connectivity index (χ2n) is 5.03. The van der Waals surface area contributed by atoms with Gasteiger partial charge < -0.3 is 11.1 Å². The molecule has 0 bridgehead atoms. The molecule has 1 aromatic rings. The lowest BCUT2D eigenvalue weighted by Crippen LogP contribution is -2.44. The predicted octanol–water partition coefficient (Wildman–Crippen LogP) is 1.47. The Morgan fingerprint density at radius 1 is 1.30 bits per heavy atom. The van der Waals surface area contributed by atoms with Gasteiger partial charge in [-0.2, -0.15) is 0 Å². The highest BCUT2D eigenvalue weighted by Crippen LogP contribution is 2.26. The summed E-state index contributed by atoms with van der Waals surface area (Å²) in [7, 11) is -3.53. The van der Waals surface area contributed by atoms with Gasteiger partial charge in [-0.25, -0.2) is 8.42 Å². The standard InChI is InChI=1S/C13H19BrN2O3S/c1-13(2,9-16-12(17)7-8-15)20(18,19)11-5-3-10(14)4-6-11/h3-6H,7-9,15H2,1-2H3,(H,16,17). The molecule has 0 fully saturated rings. The first-order chi connectivity index (χ1) is 9.20. The molecule has 1 rings (SSSR count). The number of sulfone groups is 1. The number of nitrogens with two attached hydrogens (primary N) is 1. The fraction of sp³-hybridized carbons (Fsp3) is 0.462. The molecule has 5 nitrogen and oxygen atoms in total. The minimum absolute atomic E-state index is 0.0459. The number of hydrogen-bond donors (Lipinski definition) is 2. The Morgan fingerprint density at radius 2 is 1.85 bits per heavy atom. The molecule has 1 amide bonds. The van der Waals surface area contributed by atoms with E-state index in [9.17, 15) is 13.2 Å². The number of benzene rings is 1. The van der Waals surface area contributed by atoms with E-state index < -0.39 is 14.6 Å². The van der Waals surface area contributed by atoms with E-state index in [0.717, 1.165) is 4.47 Å². The van der Waals surface area contributed by atoms with Crippen LogP contribution in [0.4, 0.5) is 0 Å². The highest BCUT2D eigenvalue weighted by atomic mass is 79.9. The average Bonchev–Trinajstić information content (AvgIpc) is 2.37. The van der Waals surface area contributed by atoms with Gasteiger partial charge in [0.25, 0.3) is 0 Å². The molecule has 0 radical (unpaired) electrons. The van der Waals surface area contributed by atoms with Crippen molar-refractivity contribution in [3.63, 3.8) is 0 Å². The molecule has 3 N–H and O–H groups in total. The van der Waals surface area contributed by atoms with Gasteiger partial charge in [-0.3, -0.25) is 4.79 Å². The average molecular weight is 363 g/mol. The number of carbonyl (C=O) groups is 1. The van der Waals surface area contributed by atoms with Gasteiger partial charge in [-0.1, -0.05) is 15.9 Å². The van der Waals surface area contributed by atoms with Crippen molar-refractivity contribution in [2.45, 2.75) is 29.9 Å². The normalized spacial score (nSPS) is 12.2. The molecule has 0 aliphatic carbocycles. The van der Waals surface area contributed by atoms with Crippen LogP contribution >= 0.6 is 15.9 Å². The van der Waals surface area contributed by atoms with Gasteiger partial charge in [-0.15, -0.1) is 0 Å². The van der Waals surface area contributed by atoms with Gasteiger partial charge >= 0.3 is 0 Å². The monoisotopic (exact) mass is 362 g/mol. The van der Waals surface area contributed by atoms with Crippen LogP contribution in [0.1, 0.15) is 20.3 Å². The molecule has 1 aromatic carbocycles. The zero-order chi connectivity index (χ0) is 15.4. The Kier molecular flexibility index (Phi) is 5.73. The highest BCUT2D eigenvalue weighted by Gasteiger charge is 2.35.